The second-order valence-corrected chi connectivity index (χ2v) is 12.0. The van der Waals surface area contributed by atoms with Crippen LogP contribution in [0.4, 0.5) is 0 Å². The number of phosphoric ester groups is 1. The molecule has 0 aliphatic rings. The van der Waals surface area contributed by atoms with Crippen LogP contribution >= 0.6 is 7.82 Å². The molecule has 0 radical (unpaired) electrons. The number of unbranched alkanes of at least 4 members (excludes halogenated alkanes) is 7. The zero-order chi connectivity index (χ0) is 33.3. The van der Waals surface area contributed by atoms with E-state index < -0.39 is 32.5 Å². The number of phosphoric acid groups is 1. The fraction of sp³-hybridized carbons (Fsp3) is 0.611. The Morgan fingerprint density at radius 2 is 1.07 bits per heavy atom. The van der Waals surface area contributed by atoms with Gasteiger partial charge in [0.15, 0.2) is 6.10 Å². The fourth-order valence-electron chi connectivity index (χ4n) is 4.04. The molecule has 1 atom stereocenters. The van der Waals surface area contributed by atoms with Crippen molar-refractivity contribution in [3.63, 3.8) is 0 Å². The average Bonchev–Trinajstić information content (AvgIpc) is 3.00. The Kier molecular flexibility index (Phi) is 29.7. The predicted molar refractivity (Wildman–Crippen MR) is 184 cm³/mol. The molecule has 0 bridgehead atoms. The Balaban J connectivity index is 4.17. The Morgan fingerprint density at radius 1 is 0.600 bits per heavy atom. The SMILES string of the molecule is CC/C=C/C/C=C/C/C=C/C/C=C/C/C=C/C/C=C/CCC(=O)O[C@H](COC(=O)CCCCCCCCCC)COP(=O)(O)O. The maximum Gasteiger partial charge on any atom is 0.469 e. The Labute approximate surface area is 272 Å². The molecule has 0 saturated carbocycles. The van der Waals surface area contributed by atoms with Crippen molar-refractivity contribution in [2.45, 2.75) is 129 Å². The molecule has 0 saturated heterocycles. The molecule has 0 unspecified atom stereocenters. The summed E-state index contributed by atoms with van der Waals surface area (Å²) in [6.45, 7) is 3.43. The van der Waals surface area contributed by atoms with Gasteiger partial charge in [-0.2, -0.15) is 0 Å². The number of ether oxygens (including phenoxy) is 2. The van der Waals surface area contributed by atoms with Gasteiger partial charge in [0.25, 0.3) is 0 Å². The number of carbonyl (C=O) groups excluding carboxylic acids is 2. The van der Waals surface area contributed by atoms with Crippen LogP contribution in [0.1, 0.15) is 123 Å². The third-order valence-electron chi connectivity index (χ3n) is 6.50. The Morgan fingerprint density at radius 3 is 1.56 bits per heavy atom. The van der Waals surface area contributed by atoms with Gasteiger partial charge in [-0.05, 0) is 51.4 Å². The fourth-order valence-corrected chi connectivity index (χ4v) is 4.40. The smallest absolute Gasteiger partial charge is 0.462 e. The van der Waals surface area contributed by atoms with E-state index in [4.69, 9.17) is 19.3 Å². The highest BCUT2D eigenvalue weighted by atomic mass is 31.2. The first kappa shape index (κ1) is 42.5. The molecule has 45 heavy (non-hydrogen) atoms. The number of carbonyl (C=O) groups is 2. The number of hydrogen-bond donors (Lipinski definition) is 2. The Bertz CT molecular complexity index is 958. The van der Waals surface area contributed by atoms with Crippen LogP contribution in [0.15, 0.2) is 72.9 Å². The van der Waals surface area contributed by atoms with Gasteiger partial charge in [-0.25, -0.2) is 4.57 Å². The molecule has 0 spiro atoms. The van der Waals surface area contributed by atoms with E-state index in [1.165, 1.54) is 25.7 Å². The lowest BCUT2D eigenvalue weighted by atomic mass is 10.1. The van der Waals surface area contributed by atoms with Crippen molar-refractivity contribution in [1.82, 2.24) is 0 Å². The molecule has 0 fully saturated rings. The first-order valence-corrected chi connectivity index (χ1v) is 18.3. The lowest BCUT2D eigenvalue weighted by molar-refractivity contribution is -0.161. The number of hydrogen-bond acceptors (Lipinski definition) is 6. The third-order valence-corrected chi connectivity index (χ3v) is 6.99. The maximum atomic E-state index is 12.3. The highest BCUT2D eigenvalue weighted by Gasteiger charge is 2.22. The van der Waals surface area contributed by atoms with Gasteiger partial charge in [-0.3, -0.25) is 14.1 Å². The van der Waals surface area contributed by atoms with Gasteiger partial charge in [-0.1, -0.05) is 132 Å². The lowest BCUT2D eigenvalue weighted by Crippen LogP contribution is -2.29. The minimum atomic E-state index is -4.76. The monoisotopic (exact) mass is 650 g/mol. The van der Waals surface area contributed by atoms with Gasteiger partial charge in [0.2, 0.25) is 0 Å². The standard InChI is InChI=1S/C36H59O8P/c1-3-5-7-9-11-13-14-15-16-17-18-19-20-21-22-23-25-27-29-31-36(38)44-34(33-43-45(39,40)41)32-42-35(37)30-28-26-24-12-10-8-6-4-2/h5,7,11,13,15-16,18-19,21-22,25,27,34H,3-4,6,8-10,12,14,17,20,23-24,26,28-33H2,1-2H3,(H2,39,40,41)/b7-5+,13-11+,16-15+,19-18+,22-21+,27-25+/t34-/m1/s1. The van der Waals surface area contributed by atoms with E-state index in [0.717, 1.165) is 57.8 Å². The van der Waals surface area contributed by atoms with Crippen LogP contribution in [-0.2, 0) is 28.2 Å². The highest BCUT2D eigenvalue weighted by Crippen LogP contribution is 2.35. The summed E-state index contributed by atoms with van der Waals surface area (Å²) in [5.74, 6) is -0.996. The van der Waals surface area contributed by atoms with Crippen LogP contribution in [0.25, 0.3) is 0 Å². The van der Waals surface area contributed by atoms with Gasteiger partial charge in [0.05, 0.1) is 6.61 Å². The van der Waals surface area contributed by atoms with Crippen molar-refractivity contribution < 1.29 is 37.9 Å². The molecule has 0 amide bonds. The summed E-state index contributed by atoms with van der Waals surface area (Å²) in [6.07, 6.45) is 39.4. The van der Waals surface area contributed by atoms with Crippen molar-refractivity contribution >= 4 is 19.8 Å². The number of rotatable bonds is 29. The minimum Gasteiger partial charge on any atom is -0.462 e. The van der Waals surface area contributed by atoms with Crippen molar-refractivity contribution in [2.75, 3.05) is 13.2 Å². The van der Waals surface area contributed by atoms with E-state index in [1.54, 1.807) is 0 Å². The Hall–Kier alpha value is -2.51. The molecule has 0 aliphatic heterocycles. The normalized spacial score (nSPS) is 13.4. The van der Waals surface area contributed by atoms with Gasteiger partial charge in [0, 0.05) is 12.8 Å². The summed E-state index contributed by atoms with van der Waals surface area (Å²) < 4.78 is 26.1. The summed E-state index contributed by atoms with van der Waals surface area (Å²) in [4.78, 5) is 42.4. The summed E-state index contributed by atoms with van der Waals surface area (Å²) in [7, 11) is -4.76. The van der Waals surface area contributed by atoms with Gasteiger partial charge in [-0.15, -0.1) is 0 Å². The summed E-state index contributed by atoms with van der Waals surface area (Å²) in [6, 6.07) is 0. The maximum absolute atomic E-state index is 12.3. The molecule has 0 aliphatic carbocycles. The molecule has 0 aromatic carbocycles. The summed E-state index contributed by atoms with van der Waals surface area (Å²) in [5.41, 5.74) is 0. The summed E-state index contributed by atoms with van der Waals surface area (Å²) in [5, 5.41) is 0. The third kappa shape index (κ3) is 34.2. The first-order chi connectivity index (χ1) is 21.8. The van der Waals surface area contributed by atoms with Crippen LogP contribution in [0, 0.1) is 0 Å². The molecule has 0 aromatic heterocycles. The molecule has 0 heterocycles. The van der Waals surface area contributed by atoms with Crippen LogP contribution in [0.5, 0.6) is 0 Å². The molecule has 2 N–H and O–H groups in total. The van der Waals surface area contributed by atoms with E-state index in [-0.39, 0.29) is 19.4 Å². The lowest BCUT2D eigenvalue weighted by Gasteiger charge is -2.18. The van der Waals surface area contributed by atoms with E-state index in [9.17, 15) is 14.2 Å². The van der Waals surface area contributed by atoms with Gasteiger partial charge >= 0.3 is 19.8 Å². The second-order valence-electron chi connectivity index (χ2n) is 10.8. The topological polar surface area (TPSA) is 119 Å². The number of allylic oxidation sites excluding steroid dienone is 12. The van der Waals surface area contributed by atoms with Gasteiger partial charge in [0.1, 0.15) is 6.61 Å². The zero-order valence-corrected chi connectivity index (χ0v) is 28.6. The number of esters is 2. The molecule has 8 nitrogen and oxygen atoms in total. The minimum absolute atomic E-state index is 0.0841. The van der Waals surface area contributed by atoms with Crippen molar-refractivity contribution in [3.8, 4) is 0 Å². The van der Waals surface area contributed by atoms with Crippen LogP contribution in [0.3, 0.4) is 0 Å². The quantitative estimate of drug-likeness (QED) is 0.0356. The van der Waals surface area contributed by atoms with E-state index in [1.807, 2.05) is 12.2 Å². The molecule has 0 rings (SSSR count). The predicted octanol–water partition coefficient (Wildman–Crippen LogP) is 9.56. The van der Waals surface area contributed by atoms with Crippen LogP contribution < -0.4 is 0 Å². The first-order valence-electron chi connectivity index (χ1n) is 16.7. The zero-order valence-electron chi connectivity index (χ0n) is 27.7. The molecular weight excluding hydrogens is 591 g/mol. The highest BCUT2D eigenvalue weighted by molar-refractivity contribution is 7.46. The molecule has 256 valence electrons. The van der Waals surface area contributed by atoms with E-state index in [2.05, 4.69) is 79.1 Å². The van der Waals surface area contributed by atoms with Crippen LogP contribution in [0.2, 0.25) is 0 Å². The molecular formula is C36H59O8P. The van der Waals surface area contributed by atoms with Crippen molar-refractivity contribution in [2.24, 2.45) is 0 Å². The van der Waals surface area contributed by atoms with Crippen LogP contribution in [-0.4, -0.2) is 41.0 Å². The second kappa shape index (κ2) is 31.5. The molecule has 9 heteroatoms. The van der Waals surface area contributed by atoms with E-state index >= 15 is 0 Å². The van der Waals surface area contributed by atoms with Gasteiger partial charge < -0.3 is 19.3 Å². The average molecular weight is 651 g/mol. The van der Waals surface area contributed by atoms with Crippen molar-refractivity contribution in [3.05, 3.63) is 72.9 Å². The molecule has 0 aromatic rings. The van der Waals surface area contributed by atoms with E-state index in [0.29, 0.717) is 12.8 Å². The van der Waals surface area contributed by atoms with Crippen molar-refractivity contribution in [1.29, 1.82) is 0 Å². The largest absolute Gasteiger partial charge is 0.469 e. The summed E-state index contributed by atoms with van der Waals surface area (Å²) >= 11 is 0.